The topological polar surface area (TPSA) is 66.3 Å². The predicted molar refractivity (Wildman–Crippen MR) is 138 cm³/mol. The predicted octanol–water partition coefficient (Wildman–Crippen LogP) is 5.63. The number of thiophene rings is 1. The molecule has 1 aliphatic heterocycles. The fraction of sp³-hybridized carbons (Fsp3) is 0.519. The number of pyridine rings is 1. The smallest absolute Gasteiger partial charge is 0.158 e. The molecule has 178 valence electrons. The summed E-state index contributed by atoms with van der Waals surface area (Å²) >= 11 is 1.96. The Kier molecular flexibility index (Phi) is 5.37. The lowest BCUT2D eigenvalue weighted by Crippen LogP contribution is -2.36. The molecule has 1 N–H and O–H groups in total. The molecule has 0 spiro atoms. The summed E-state index contributed by atoms with van der Waals surface area (Å²) in [4.78, 5) is 25.1. The summed E-state index contributed by atoms with van der Waals surface area (Å²) in [5.41, 5.74) is 9.32. The first kappa shape index (κ1) is 22.0. The fourth-order valence-corrected chi connectivity index (χ4v) is 7.76. The highest BCUT2D eigenvalue weighted by Crippen LogP contribution is 2.47. The number of fused-ring (bicyclic) bond motifs is 4. The normalized spacial score (nSPS) is 17.4. The first-order chi connectivity index (χ1) is 16.4. The number of nitrogens with one attached hydrogen (secondary N) is 1. The van der Waals surface area contributed by atoms with Gasteiger partial charge >= 0.3 is 0 Å². The van der Waals surface area contributed by atoms with Crippen LogP contribution in [0.1, 0.15) is 79.0 Å². The molecule has 4 aromatic rings. The van der Waals surface area contributed by atoms with Crippen LogP contribution in [-0.4, -0.2) is 49.9 Å². The second kappa shape index (κ2) is 8.31. The molecule has 1 saturated heterocycles. The fourth-order valence-electron chi connectivity index (χ4n) is 6.36. The van der Waals surface area contributed by atoms with Crippen molar-refractivity contribution in [3.8, 4) is 11.3 Å². The van der Waals surface area contributed by atoms with Gasteiger partial charge in [-0.1, -0.05) is 13.8 Å². The number of aromatic amines is 1. The molecule has 0 saturated carbocycles. The first-order valence-electron chi connectivity index (χ1n) is 12.6. The quantitative estimate of drug-likeness (QED) is 0.406. The summed E-state index contributed by atoms with van der Waals surface area (Å²) < 4.78 is 1.96. The lowest BCUT2D eigenvalue weighted by molar-refractivity contribution is -0.118. The van der Waals surface area contributed by atoms with E-state index in [-0.39, 0.29) is 5.78 Å². The van der Waals surface area contributed by atoms with Gasteiger partial charge in [0, 0.05) is 27.6 Å². The summed E-state index contributed by atoms with van der Waals surface area (Å²) in [6, 6.07) is 0. The Morgan fingerprint density at radius 2 is 2.00 bits per heavy atom. The van der Waals surface area contributed by atoms with Crippen LogP contribution in [-0.2, 0) is 17.6 Å². The summed E-state index contributed by atoms with van der Waals surface area (Å²) in [6.45, 7) is 11.3. The van der Waals surface area contributed by atoms with Crippen molar-refractivity contribution in [3.05, 3.63) is 39.7 Å². The molecule has 0 atom stereocenters. The van der Waals surface area contributed by atoms with Crippen LogP contribution < -0.4 is 0 Å². The highest BCUT2D eigenvalue weighted by Gasteiger charge is 2.30. The lowest BCUT2D eigenvalue weighted by Gasteiger charge is -2.31. The first-order valence-corrected chi connectivity index (χ1v) is 13.4. The zero-order valence-electron chi connectivity index (χ0n) is 20.6. The number of hydrogen-bond acceptors (Lipinski definition) is 5. The number of piperidine rings is 1. The Labute approximate surface area is 204 Å². The minimum absolute atomic E-state index is 0.267. The number of aryl methyl sites for hydroxylation is 2. The average molecular weight is 476 g/mol. The molecule has 1 fully saturated rings. The van der Waals surface area contributed by atoms with Gasteiger partial charge in [-0.3, -0.25) is 9.69 Å². The molecule has 6 nitrogen and oxygen atoms in total. The molecule has 0 radical (unpaired) electrons. The highest BCUT2D eigenvalue weighted by molar-refractivity contribution is 7.19. The van der Waals surface area contributed by atoms with Crippen LogP contribution in [0.15, 0.2) is 12.5 Å². The van der Waals surface area contributed by atoms with Gasteiger partial charge in [-0.25, -0.2) is 9.50 Å². The standard InChI is InChI=1S/C27H33N5OS/c1-15(2)22-23-17(4)25(18-8-10-31(11-9-18)12-16(3)33)34-27(23)30-24(22)21-13-32-26(28-14-29-32)20-7-5-6-19(20)21/h13-15,18,30H,5-12H2,1-4H3. The van der Waals surface area contributed by atoms with Gasteiger partial charge in [0.05, 0.1) is 12.2 Å². The zero-order chi connectivity index (χ0) is 23.6. The van der Waals surface area contributed by atoms with E-state index in [9.17, 15) is 4.79 Å². The molecular weight excluding hydrogens is 442 g/mol. The summed E-state index contributed by atoms with van der Waals surface area (Å²) in [5, 5.41) is 5.92. The Balaban J connectivity index is 1.43. The Hall–Kier alpha value is -2.51. The van der Waals surface area contributed by atoms with Gasteiger partial charge in [0.25, 0.3) is 0 Å². The van der Waals surface area contributed by atoms with E-state index in [1.54, 1.807) is 13.3 Å². The molecule has 4 aromatic heterocycles. The number of ketones is 1. The van der Waals surface area contributed by atoms with Crippen LogP contribution >= 0.6 is 11.3 Å². The third-order valence-corrected chi connectivity index (χ3v) is 9.22. The van der Waals surface area contributed by atoms with Crippen LogP contribution in [0.25, 0.3) is 27.1 Å². The van der Waals surface area contributed by atoms with E-state index in [0.717, 1.165) is 44.4 Å². The SMILES string of the molecule is CC(=O)CN1CCC(c2sc3[nH]c(-c4cn5ncnc5c5c4CCC5)c(C(C)C)c3c2C)CC1. The van der Waals surface area contributed by atoms with Crippen LogP contribution in [0, 0.1) is 6.92 Å². The number of H-pyrrole nitrogens is 1. The lowest BCUT2D eigenvalue weighted by atomic mass is 9.90. The molecule has 34 heavy (non-hydrogen) atoms. The molecular formula is C27H33N5OS. The molecule has 0 bridgehead atoms. The van der Waals surface area contributed by atoms with Crippen LogP contribution in [0.2, 0.25) is 0 Å². The van der Waals surface area contributed by atoms with Crippen LogP contribution in [0.3, 0.4) is 0 Å². The zero-order valence-corrected chi connectivity index (χ0v) is 21.4. The van der Waals surface area contributed by atoms with E-state index in [0.29, 0.717) is 18.4 Å². The van der Waals surface area contributed by atoms with Gasteiger partial charge in [0.2, 0.25) is 0 Å². The second-order valence-corrected chi connectivity index (χ2v) is 11.6. The second-order valence-electron chi connectivity index (χ2n) is 10.5. The van der Waals surface area contributed by atoms with E-state index in [2.05, 4.69) is 46.9 Å². The number of aromatic nitrogens is 4. The number of rotatable bonds is 5. The van der Waals surface area contributed by atoms with Crippen molar-refractivity contribution < 1.29 is 4.79 Å². The number of carbonyl (C=O) groups excluding carboxylic acids is 1. The van der Waals surface area contributed by atoms with E-state index in [1.165, 1.54) is 55.0 Å². The minimum Gasteiger partial charge on any atom is -0.346 e. The molecule has 7 heteroatoms. The molecule has 0 amide bonds. The Morgan fingerprint density at radius 3 is 2.74 bits per heavy atom. The number of carbonyl (C=O) groups is 1. The molecule has 0 aromatic carbocycles. The number of Topliss-reactive ketones (excluding diaryl/α,β-unsaturated/α-hetero) is 1. The van der Waals surface area contributed by atoms with Crippen molar-refractivity contribution >= 4 is 33.0 Å². The maximum absolute atomic E-state index is 11.5. The van der Waals surface area contributed by atoms with E-state index in [4.69, 9.17) is 0 Å². The van der Waals surface area contributed by atoms with E-state index < -0.39 is 0 Å². The molecule has 5 heterocycles. The Bertz CT molecular complexity index is 1400. The van der Waals surface area contributed by atoms with Crippen molar-refractivity contribution in [2.24, 2.45) is 0 Å². The van der Waals surface area contributed by atoms with E-state index >= 15 is 0 Å². The van der Waals surface area contributed by atoms with Crippen molar-refractivity contribution in [2.75, 3.05) is 19.6 Å². The van der Waals surface area contributed by atoms with Crippen molar-refractivity contribution in [2.45, 2.75) is 71.6 Å². The van der Waals surface area contributed by atoms with Crippen LogP contribution in [0.4, 0.5) is 0 Å². The summed E-state index contributed by atoms with van der Waals surface area (Å²) in [7, 11) is 0. The van der Waals surface area contributed by atoms with Crippen molar-refractivity contribution in [1.29, 1.82) is 0 Å². The number of nitrogens with zero attached hydrogens (tertiary/aromatic N) is 4. The van der Waals surface area contributed by atoms with E-state index in [1.807, 2.05) is 15.9 Å². The van der Waals surface area contributed by atoms with Gasteiger partial charge in [0.1, 0.15) is 16.9 Å². The van der Waals surface area contributed by atoms with Crippen LogP contribution in [0.5, 0.6) is 0 Å². The van der Waals surface area contributed by atoms with Gasteiger partial charge in [-0.2, -0.15) is 5.10 Å². The third kappa shape index (κ3) is 3.43. The van der Waals surface area contributed by atoms with Gasteiger partial charge in [0.15, 0.2) is 5.65 Å². The van der Waals surface area contributed by atoms with Crippen molar-refractivity contribution in [1.82, 2.24) is 24.5 Å². The van der Waals surface area contributed by atoms with Gasteiger partial charge in [-0.15, -0.1) is 11.3 Å². The monoisotopic (exact) mass is 475 g/mol. The third-order valence-electron chi connectivity index (χ3n) is 7.85. The Morgan fingerprint density at radius 1 is 1.24 bits per heavy atom. The number of hydrogen-bond donors (Lipinski definition) is 1. The average Bonchev–Trinajstić information content (AvgIpc) is 3.57. The minimum atomic E-state index is 0.267. The largest absolute Gasteiger partial charge is 0.346 e. The summed E-state index contributed by atoms with van der Waals surface area (Å²) in [5.74, 6) is 1.28. The number of likely N-dealkylation sites (tertiary alicyclic amines) is 1. The maximum atomic E-state index is 11.5. The van der Waals surface area contributed by atoms with Gasteiger partial charge < -0.3 is 4.98 Å². The molecule has 6 rings (SSSR count). The molecule has 1 aliphatic carbocycles. The molecule has 2 aliphatic rings. The summed E-state index contributed by atoms with van der Waals surface area (Å²) in [6.07, 6.45) is 9.52. The molecule has 0 unspecified atom stereocenters. The maximum Gasteiger partial charge on any atom is 0.158 e. The van der Waals surface area contributed by atoms with Crippen molar-refractivity contribution in [3.63, 3.8) is 0 Å². The highest BCUT2D eigenvalue weighted by atomic mass is 32.1. The van der Waals surface area contributed by atoms with Gasteiger partial charge in [-0.05, 0) is 87.6 Å².